The maximum atomic E-state index is 12.9. The number of aromatic carboxylic acids is 1. The van der Waals surface area contributed by atoms with Crippen molar-refractivity contribution in [3.63, 3.8) is 0 Å². The highest BCUT2D eigenvalue weighted by molar-refractivity contribution is 7.99. The fraction of sp³-hybridized carbons (Fsp3) is 0.0400. The predicted octanol–water partition coefficient (Wildman–Crippen LogP) is 6.41. The molecule has 0 aromatic heterocycles. The summed E-state index contributed by atoms with van der Waals surface area (Å²) in [6.07, 6.45) is 0.423. The standard InChI is InChI=1S/C25H15ClN2O5S/c26-14-1-3-15(4-2-14)27-24(29)19-7-6-17-18(23(19)25(30)31)8-10-22-20(17)12-13-11-16(28(32)33)5-9-21(13)34-22/h1-11H,12H2,(H,27,29)(H,30,31). The van der Waals surface area contributed by atoms with Gasteiger partial charge in [0, 0.05) is 39.1 Å². The van der Waals surface area contributed by atoms with Crippen molar-refractivity contribution in [2.45, 2.75) is 16.2 Å². The van der Waals surface area contributed by atoms with Gasteiger partial charge in [0.05, 0.1) is 16.1 Å². The van der Waals surface area contributed by atoms with Crippen molar-refractivity contribution in [3.8, 4) is 0 Å². The molecule has 1 aliphatic heterocycles. The largest absolute Gasteiger partial charge is 0.478 e. The van der Waals surface area contributed by atoms with Gasteiger partial charge in [-0.3, -0.25) is 14.9 Å². The van der Waals surface area contributed by atoms with Crippen molar-refractivity contribution >= 4 is 57.4 Å². The highest BCUT2D eigenvalue weighted by atomic mass is 35.5. The van der Waals surface area contributed by atoms with Gasteiger partial charge in [-0.15, -0.1) is 0 Å². The zero-order valence-electron chi connectivity index (χ0n) is 17.4. The molecule has 168 valence electrons. The van der Waals surface area contributed by atoms with Crippen LogP contribution in [-0.4, -0.2) is 21.9 Å². The van der Waals surface area contributed by atoms with Crippen LogP contribution in [-0.2, 0) is 6.42 Å². The molecule has 0 atom stereocenters. The second kappa shape index (κ2) is 8.48. The maximum absolute atomic E-state index is 12.9. The summed E-state index contributed by atoms with van der Waals surface area (Å²) >= 11 is 7.37. The molecule has 1 aliphatic rings. The molecule has 0 fully saturated rings. The van der Waals surface area contributed by atoms with Crippen LogP contribution in [0.3, 0.4) is 0 Å². The summed E-state index contributed by atoms with van der Waals surface area (Å²) in [4.78, 5) is 37.8. The molecule has 0 bridgehead atoms. The summed E-state index contributed by atoms with van der Waals surface area (Å²) in [7, 11) is 0. The van der Waals surface area contributed by atoms with Gasteiger partial charge < -0.3 is 10.4 Å². The van der Waals surface area contributed by atoms with Crippen molar-refractivity contribution in [2.75, 3.05) is 5.32 Å². The lowest BCUT2D eigenvalue weighted by Crippen LogP contribution is -2.17. The minimum atomic E-state index is -1.22. The Labute approximate surface area is 202 Å². The zero-order chi connectivity index (χ0) is 24.0. The molecule has 34 heavy (non-hydrogen) atoms. The van der Waals surface area contributed by atoms with Crippen LogP contribution < -0.4 is 5.32 Å². The van der Waals surface area contributed by atoms with E-state index in [-0.39, 0.29) is 16.8 Å². The fourth-order valence-electron chi connectivity index (χ4n) is 4.10. The van der Waals surface area contributed by atoms with E-state index >= 15 is 0 Å². The van der Waals surface area contributed by atoms with E-state index in [0.717, 1.165) is 20.9 Å². The molecule has 0 aliphatic carbocycles. The van der Waals surface area contributed by atoms with E-state index in [1.54, 1.807) is 48.5 Å². The molecule has 0 saturated heterocycles. The Balaban J connectivity index is 1.59. The molecular weight excluding hydrogens is 476 g/mol. The number of amides is 1. The highest BCUT2D eigenvalue weighted by Gasteiger charge is 2.25. The van der Waals surface area contributed by atoms with E-state index in [2.05, 4.69) is 5.32 Å². The average molecular weight is 491 g/mol. The lowest BCUT2D eigenvalue weighted by atomic mass is 9.92. The third-order valence-corrected chi connectivity index (χ3v) is 7.14. The second-order valence-corrected chi connectivity index (χ2v) is 9.24. The molecule has 7 nitrogen and oxygen atoms in total. The summed E-state index contributed by atoms with van der Waals surface area (Å²) in [5.41, 5.74) is 2.13. The van der Waals surface area contributed by atoms with Gasteiger partial charge in [-0.2, -0.15) is 0 Å². The maximum Gasteiger partial charge on any atom is 0.337 e. The Kier molecular flexibility index (Phi) is 5.47. The normalized spacial score (nSPS) is 12.0. The number of anilines is 1. The van der Waals surface area contributed by atoms with E-state index in [1.807, 2.05) is 6.07 Å². The van der Waals surface area contributed by atoms with Crippen LogP contribution in [0.5, 0.6) is 0 Å². The van der Waals surface area contributed by atoms with Gasteiger partial charge in [-0.1, -0.05) is 35.5 Å². The molecule has 1 amide bonds. The number of benzene rings is 4. The summed E-state index contributed by atoms with van der Waals surface area (Å²) in [5.74, 6) is -1.76. The van der Waals surface area contributed by atoms with Crippen LogP contribution in [0, 0.1) is 10.1 Å². The Bertz CT molecular complexity index is 1520. The summed E-state index contributed by atoms with van der Waals surface area (Å²) in [6.45, 7) is 0. The van der Waals surface area contributed by atoms with E-state index in [9.17, 15) is 24.8 Å². The number of carbonyl (C=O) groups excluding carboxylic acids is 1. The zero-order valence-corrected chi connectivity index (χ0v) is 18.9. The summed E-state index contributed by atoms with van der Waals surface area (Å²) in [6, 6.07) is 18.1. The van der Waals surface area contributed by atoms with Crippen LogP contribution in [0.25, 0.3) is 10.8 Å². The van der Waals surface area contributed by atoms with Crippen molar-refractivity contribution < 1.29 is 19.6 Å². The van der Waals surface area contributed by atoms with Gasteiger partial charge >= 0.3 is 5.97 Å². The van der Waals surface area contributed by atoms with E-state index < -0.39 is 16.8 Å². The first-order valence-corrected chi connectivity index (χ1v) is 11.4. The Hall–Kier alpha value is -3.88. The first kappa shape index (κ1) is 21.9. The number of carboxylic acid groups (broad SMARTS) is 1. The van der Waals surface area contributed by atoms with Crippen LogP contribution in [0.1, 0.15) is 31.8 Å². The van der Waals surface area contributed by atoms with E-state index in [1.165, 1.54) is 23.9 Å². The topological polar surface area (TPSA) is 110 Å². The predicted molar refractivity (Wildman–Crippen MR) is 130 cm³/mol. The minimum absolute atomic E-state index is 0.00965. The van der Waals surface area contributed by atoms with Gasteiger partial charge in [0.2, 0.25) is 0 Å². The lowest BCUT2D eigenvalue weighted by molar-refractivity contribution is -0.385. The van der Waals surface area contributed by atoms with Crippen molar-refractivity contribution in [1.29, 1.82) is 0 Å². The van der Waals surface area contributed by atoms with Crippen LogP contribution >= 0.6 is 23.4 Å². The molecule has 0 saturated carbocycles. The van der Waals surface area contributed by atoms with Gasteiger partial charge in [0.25, 0.3) is 11.6 Å². The minimum Gasteiger partial charge on any atom is -0.478 e. The summed E-state index contributed by atoms with van der Waals surface area (Å²) < 4.78 is 0. The van der Waals surface area contributed by atoms with Crippen molar-refractivity contribution in [1.82, 2.24) is 0 Å². The smallest absolute Gasteiger partial charge is 0.337 e. The monoisotopic (exact) mass is 490 g/mol. The first-order valence-electron chi connectivity index (χ1n) is 10.2. The van der Waals surface area contributed by atoms with Gasteiger partial charge in [-0.25, -0.2) is 4.79 Å². The molecule has 0 unspecified atom stereocenters. The molecule has 0 spiro atoms. The van der Waals surface area contributed by atoms with Gasteiger partial charge in [-0.05, 0) is 64.4 Å². The van der Waals surface area contributed by atoms with Gasteiger partial charge in [0.15, 0.2) is 0 Å². The Morgan fingerprint density at radius 1 is 0.971 bits per heavy atom. The number of hydrogen-bond acceptors (Lipinski definition) is 5. The number of non-ortho nitro benzene ring substituents is 1. The number of nitro benzene ring substituents is 1. The number of hydrogen-bond donors (Lipinski definition) is 2. The molecule has 4 aromatic carbocycles. The Morgan fingerprint density at radius 2 is 1.68 bits per heavy atom. The number of fused-ring (bicyclic) bond motifs is 4. The van der Waals surface area contributed by atoms with Gasteiger partial charge in [0.1, 0.15) is 0 Å². The van der Waals surface area contributed by atoms with Crippen LogP contribution in [0.4, 0.5) is 11.4 Å². The molecule has 5 rings (SSSR count). The lowest BCUT2D eigenvalue weighted by Gasteiger charge is -2.21. The number of rotatable bonds is 4. The second-order valence-electron chi connectivity index (χ2n) is 7.72. The average Bonchev–Trinajstić information content (AvgIpc) is 2.82. The highest BCUT2D eigenvalue weighted by Crippen LogP contribution is 2.44. The molecule has 0 radical (unpaired) electrons. The third-order valence-electron chi connectivity index (χ3n) is 5.67. The number of carbonyl (C=O) groups is 2. The number of nitro groups is 1. The molecule has 4 aromatic rings. The van der Waals surface area contributed by atoms with Crippen LogP contribution in [0.15, 0.2) is 76.5 Å². The van der Waals surface area contributed by atoms with E-state index in [0.29, 0.717) is 27.9 Å². The van der Waals surface area contributed by atoms with Crippen molar-refractivity contribution in [3.05, 3.63) is 104 Å². The molecule has 9 heteroatoms. The third kappa shape index (κ3) is 3.87. The molecule has 2 N–H and O–H groups in total. The van der Waals surface area contributed by atoms with Crippen LogP contribution in [0.2, 0.25) is 5.02 Å². The number of carboxylic acids is 1. The first-order chi connectivity index (χ1) is 16.3. The summed E-state index contributed by atoms with van der Waals surface area (Å²) in [5, 5.41) is 25.6. The number of nitrogens with one attached hydrogen (secondary N) is 1. The quantitative estimate of drug-likeness (QED) is 0.222. The molecular formula is C25H15ClN2O5S. The number of halogens is 1. The fourth-order valence-corrected chi connectivity index (χ4v) is 5.31. The van der Waals surface area contributed by atoms with Crippen molar-refractivity contribution in [2.24, 2.45) is 0 Å². The number of nitrogens with zero attached hydrogens (tertiary/aromatic N) is 1. The SMILES string of the molecule is O=C(Nc1ccc(Cl)cc1)c1ccc2c3c(ccc2c1C(=O)O)Sc1ccc([N+](=O)[O-])cc1C3. The molecule has 1 heterocycles. The Morgan fingerprint density at radius 3 is 2.38 bits per heavy atom. The van der Waals surface area contributed by atoms with E-state index in [4.69, 9.17) is 11.6 Å².